The van der Waals surface area contributed by atoms with E-state index in [1.807, 2.05) is 0 Å². The van der Waals surface area contributed by atoms with Crippen molar-refractivity contribution in [3.05, 3.63) is 0 Å². The molecule has 2 fully saturated rings. The van der Waals surface area contributed by atoms with Crippen LogP contribution >= 0.6 is 0 Å². The maximum Gasteiger partial charge on any atom is 0.217 e. The van der Waals surface area contributed by atoms with Crippen molar-refractivity contribution in [1.29, 1.82) is 0 Å². The summed E-state index contributed by atoms with van der Waals surface area (Å²) < 4.78 is 26.2. The molecule has 1 aliphatic carbocycles. The van der Waals surface area contributed by atoms with Crippen LogP contribution in [0.25, 0.3) is 0 Å². The van der Waals surface area contributed by atoms with Gasteiger partial charge in [0, 0.05) is 6.54 Å². The molecule has 1 saturated carbocycles. The molecule has 7 heteroatoms. The van der Waals surface area contributed by atoms with E-state index in [0.29, 0.717) is 13.0 Å². The van der Waals surface area contributed by atoms with E-state index in [9.17, 15) is 8.42 Å². The first kappa shape index (κ1) is 12.6. The van der Waals surface area contributed by atoms with Gasteiger partial charge in [0.1, 0.15) is 0 Å². The third-order valence-corrected chi connectivity index (χ3v) is 6.12. The summed E-state index contributed by atoms with van der Waals surface area (Å²) in [6, 6.07) is -0.453. The van der Waals surface area contributed by atoms with Crippen LogP contribution in [-0.4, -0.2) is 41.6 Å². The molecule has 0 radical (unpaired) electrons. The molecule has 0 amide bonds. The minimum atomic E-state index is -3.28. The molecule has 1 atom stereocenters. The molecule has 1 heterocycles. The van der Waals surface area contributed by atoms with Crippen LogP contribution in [0.3, 0.4) is 0 Å². The second kappa shape index (κ2) is 4.81. The van der Waals surface area contributed by atoms with Gasteiger partial charge in [0.05, 0.1) is 11.3 Å². The van der Waals surface area contributed by atoms with Gasteiger partial charge in [-0.25, -0.2) is 8.42 Å². The van der Waals surface area contributed by atoms with Crippen molar-refractivity contribution in [2.75, 3.05) is 6.54 Å². The predicted octanol–water partition coefficient (Wildman–Crippen LogP) is 0.470. The van der Waals surface area contributed by atoms with E-state index in [1.54, 1.807) is 0 Å². The van der Waals surface area contributed by atoms with Gasteiger partial charge in [0.2, 0.25) is 10.0 Å². The summed E-state index contributed by atoms with van der Waals surface area (Å²) in [5, 5.41) is 11.4. The van der Waals surface area contributed by atoms with Crippen LogP contribution in [0.1, 0.15) is 38.5 Å². The van der Waals surface area contributed by atoms with Gasteiger partial charge in [-0.3, -0.25) is 0 Å². The fourth-order valence-corrected chi connectivity index (χ4v) is 5.05. The third-order valence-electron chi connectivity index (χ3n) is 3.71. The van der Waals surface area contributed by atoms with Gasteiger partial charge in [0.25, 0.3) is 0 Å². The molecular formula is C10H19N3O3S. The van der Waals surface area contributed by atoms with Gasteiger partial charge < -0.3 is 10.9 Å². The van der Waals surface area contributed by atoms with Crippen LogP contribution in [0.5, 0.6) is 0 Å². The Morgan fingerprint density at radius 1 is 1.24 bits per heavy atom. The summed E-state index contributed by atoms with van der Waals surface area (Å²) in [6.45, 7) is 0.486. The first-order valence-corrected chi connectivity index (χ1v) is 7.55. The molecule has 1 saturated heterocycles. The van der Waals surface area contributed by atoms with Crippen molar-refractivity contribution >= 4 is 15.9 Å². The van der Waals surface area contributed by atoms with E-state index in [0.717, 1.165) is 32.1 Å². The lowest BCUT2D eigenvalue weighted by Gasteiger charge is -2.26. The highest BCUT2D eigenvalue weighted by Crippen LogP contribution is 2.31. The molecule has 0 bridgehead atoms. The van der Waals surface area contributed by atoms with Crippen molar-refractivity contribution in [3.63, 3.8) is 0 Å². The highest BCUT2D eigenvalue weighted by atomic mass is 32.2. The Morgan fingerprint density at radius 3 is 2.47 bits per heavy atom. The first-order chi connectivity index (χ1) is 8.07. The zero-order chi connectivity index (χ0) is 12.5. The average molecular weight is 261 g/mol. The van der Waals surface area contributed by atoms with Crippen molar-refractivity contribution in [2.45, 2.75) is 49.8 Å². The molecule has 2 aliphatic rings. The Balaban J connectivity index is 2.20. The monoisotopic (exact) mass is 261 g/mol. The minimum absolute atomic E-state index is 0.00377. The summed E-state index contributed by atoms with van der Waals surface area (Å²) in [6.07, 6.45) is 4.84. The second-order valence-corrected chi connectivity index (χ2v) is 6.91. The van der Waals surface area contributed by atoms with Gasteiger partial charge in [-0.1, -0.05) is 18.0 Å². The lowest BCUT2D eigenvalue weighted by molar-refractivity contribution is 0.311. The van der Waals surface area contributed by atoms with Crippen molar-refractivity contribution in [2.24, 2.45) is 10.9 Å². The van der Waals surface area contributed by atoms with E-state index in [1.165, 1.54) is 4.31 Å². The highest BCUT2D eigenvalue weighted by Gasteiger charge is 2.41. The maximum absolute atomic E-state index is 12.4. The Bertz CT molecular complexity index is 401. The third kappa shape index (κ3) is 2.26. The Hall–Kier alpha value is -0.820. The van der Waals surface area contributed by atoms with Crippen LogP contribution in [0.15, 0.2) is 5.16 Å². The lowest BCUT2D eigenvalue weighted by Crippen LogP contribution is -2.46. The van der Waals surface area contributed by atoms with E-state index in [-0.39, 0.29) is 11.1 Å². The number of rotatable bonds is 3. The fourth-order valence-electron chi connectivity index (χ4n) is 2.78. The smallest absolute Gasteiger partial charge is 0.217 e. The average Bonchev–Trinajstić information content (AvgIpc) is 2.98. The molecule has 17 heavy (non-hydrogen) atoms. The van der Waals surface area contributed by atoms with Crippen LogP contribution in [0, 0.1) is 0 Å². The van der Waals surface area contributed by atoms with Crippen molar-refractivity contribution < 1.29 is 13.6 Å². The lowest BCUT2D eigenvalue weighted by atomic mass is 10.2. The van der Waals surface area contributed by atoms with E-state index in [2.05, 4.69) is 5.16 Å². The highest BCUT2D eigenvalue weighted by molar-refractivity contribution is 7.89. The molecule has 1 unspecified atom stereocenters. The maximum atomic E-state index is 12.4. The molecule has 0 spiro atoms. The molecule has 6 nitrogen and oxygen atoms in total. The summed E-state index contributed by atoms with van der Waals surface area (Å²) >= 11 is 0. The number of hydrogen-bond acceptors (Lipinski definition) is 4. The van der Waals surface area contributed by atoms with Gasteiger partial charge in [0.15, 0.2) is 5.84 Å². The summed E-state index contributed by atoms with van der Waals surface area (Å²) in [7, 11) is -3.28. The molecule has 0 aromatic rings. The SMILES string of the molecule is NC(=NO)C1CCCN1S(=O)(=O)C1CCCC1. The quantitative estimate of drug-likeness (QED) is 0.334. The van der Waals surface area contributed by atoms with Crippen molar-refractivity contribution in [3.8, 4) is 0 Å². The summed E-state index contributed by atoms with van der Waals surface area (Å²) in [4.78, 5) is 0. The van der Waals surface area contributed by atoms with Crippen molar-refractivity contribution in [1.82, 2.24) is 4.31 Å². The summed E-state index contributed by atoms with van der Waals surface area (Å²) in [5.74, 6) is 0.00377. The number of amidine groups is 1. The number of nitrogens with two attached hydrogens (primary N) is 1. The largest absolute Gasteiger partial charge is 0.409 e. The van der Waals surface area contributed by atoms with Gasteiger partial charge in [-0.05, 0) is 25.7 Å². The van der Waals surface area contributed by atoms with E-state index < -0.39 is 16.1 Å². The molecule has 0 aromatic heterocycles. The molecule has 0 aromatic carbocycles. The zero-order valence-electron chi connectivity index (χ0n) is 9.75. The van der Waals surface area contributed by atoms with Crippen LogP contribution in [-0.2, 0) is 10.0 Å². The zero-order valence-corrected chi connectivity index (χ0v) is 10.6. The van der Waals surface area contributed by atoms with Crippen LogP contribution < -0.4 is 5.73 Å². The predicted molar refractivity (Wildman–Crippen MR) is 64.3 cm³/mol. The van der Waals surface area contributed by atoms with E-state index >= 15 is 0 Å². The Kier molecular flexibility index (Phi) is 3.58. The van der Waals surface area contributed by atoms with Gasteiger partial charge in [-0.15, -0.1) is 0 Å². The standard InChI is InChI=1S/C10H19N3O3S/c11-10(12-14)9-6-3-7-13(9)17(15,16)8-4-1-2-5-8/h8-9,14H,1-7H2,(H2,11,12). The number of oxime groups is 1. The minimum Gasteiger partial charge on any atom is -0.409 e. The Morgan fingerprint density at radius 2 is 1.88 bits per heavy atom. The topological polar surface area (TPSA) is 96.0 Å². The molecule has 2 rings (SSSR count). The van der Waals surface area contributed by atoms with Crippen LogP contribution in [0.2, 0.25) is 0 Å². The van der Waals surface area contributed by atoms with Gasteiger partial charge >= 0.3 is 0 Å². The molecule has 1 aliphatic heterocycles. The van der Waals surface area contributed by atoms with Gasteiger partial charge in [-0.2, -0.15) is 4.31 Å². The number of hydrogen-bond donors (Lipinski definition) is 2. The Labute approximate surface area is 102 Å². The molecule has 3 N–H and O–H groups in total. The first-order valence-electron chi connectivity index (χ1n) is 6.05. The second-order valence-electron chi connectivity index (χ2n) is 4.75. The number of sulfonamides is 1. The summed E-state index contributed by atoms with van der Waals surface area (Å²) in [5.41, 5.74) is 5.56. The van der Waals surface area contributed by atoms with E-state index in [4.69, 9.17) is 10.9 Å². The number of nitrogens with zero attached hydrogens (tertiary/aromatic N) is 2. The molecular weight excluding hydrogens is 242 g/mol. The normalized spacial score (nSPS) is 28.9. The molecule has 98 valence electrons. The van der Waals surface area contributed by atoms with Crippen LogP contribution in [0.4, 0.5) is 0 Å². The fraction of sp³-hybridized carbons (Fsp3) is 0.900.